The highest BCUT2D eigenvalue weighted by Crippen LogP contribution is 2.40. The van der Waals surface area contributed by atoms with Crippen molar-refractivity contribution in [1.82, 2.24) is 25.4 Å². The third kappa shape index (κ3) is 5.32. The van der Waals surface area contributed by atoms with Gasteiger partial charge >= 0.3 is 0 Å². The number of alkyl halides is 1. The third-order valence-electron chi connectivity index (χ3n) is 7.95. The van der Waals surface area contributed by atoms with Crippen LogP contribution in [0.4, 0.5) is 10.3 Å². The quantitative estimate of drug-likeness (QED) is 0.492. The van der Waals surface area contributed by atoms with Gasteiger partial charge in [-0.1, -0.05) is 19.4 Å². The molecule has 0 amide bonds. The van der Waals surface area contributed by atoms with Gasteiger partial charge < -0.3 is 25.2 Å². The normalized spacial score (nSPS) is 26.9. The van der Waals surface area contributed by atoms with Crippen LogP contribution in [0.5, 0.6) is 17.4 Å². The van der Waals surface area contributed by atoms with Crippen molar-refractivity contribution in [1.29, 1.82) is 0 Å². The molecule has 0 bridgehead atoms. The summed E-state index contributed by atoms with van der Waals surface area (Å²) in [5.74, 6) is 1.22. The number of nitrogens with two attached hydrogens (primary N) is 1. The summed E-state index contributed by atoms with van der Waals surface area (Å²) >= 11 is 0. The number of aromatic nitrogens is 5. The van der Waals surface area contributed by atoms with Crippen LogP contribution in [0.1, 0.15) is 52.4 Å². The molecule has 1 aliphatic heterocycles. The van der Waals surface area contributed by atoms with Gasteiger partial charge in [0.05, 0.1) is 17.9 Å². The lowest BCUT2D eigenvalue weighted by atomic mass is 9.79. The van der Waals surface area contributed by atoms with E-state index in [2.05, 4.69) is 25.4 Å². The van der Waals surface area contributed by atoms with Gasteiger partial charge in [-0.15, -0.1) is 20.4 Å². The zero-order chi connectivity index (χ0) is 27.1. The number of fused-ring (bicyclic) bond motifs is 1. The van der Waals surface area contributed by atoms with Gasteiger partial charge in [0.2, 0.25) is 5.95 Å². The molecular weight excluding hydrogens is 501 g/mol. The predicted molar refractivity (Wildman–Crippen MR) is 143 cm³/mol. The molecule has 1 aromatic carbocycles. The number of rotatable bonds is 5. The molecule has 0 saturated heterocycles. The Bertz CT molecular complexity index is 1340. The van der Waals surface area contributed by atoms with Crippen LogP contribution in [0.25, 0.3) is 22.5 Å². The number of hydrogen-bond donors (Lipinski definition) is 2. The van der Waals surface area contributed by atoms with Gasteiger partial charge in [-0.05, 0) is 57.1 Å². The maximum Gasteiger partial charge on any atom is 0.276 e. The van der Waals surface area contributed by atoms with E-state index in [1.54, 1.807) is 24.4 Å². The van der Waals surface area contributed by atoms with Crippen LogP contribution in [0.15, 0.2) is 30.5 Å². The Morgan fingerprint density at radius 1 is 1.05 bits per heavy atom. The van der Waals surface area contributed by atoms with Gasteiger partial charge in [0.1, 0.15) is 30.8 Å². The number of halogens is 1. The monoisotopic (exact) mass is 535 g/mol. The van der Waals surface area contributed by atoms with Crippen LogP contribution >= 0.6 is 0 Å². The first-order valence-corrected chi connectivity index (χ1v) is 13.7. The number of aromatic hydroxyl groups is 1. The minimum absolute atomic E-state index is 0.00338. The van der Waals surface area contributed by atoms with E-state index in [-0.39, 0.29) is 17.7 Å². The topological polar surface area (TPSA) is 132 Å². The molecule has 4 atom stereocenters. The second kappa shape index (κ2) is 10.2. The molecule has 6 rings (SSSR count). The Morgan fingerprint density at radius 2 is 1.85 bits per heavy atom. The summed E-state index contributed by atoms with van der Waals surface area (Å²) in [7, 11) is 0. The zero-order valence-corrected chi connectivity index (χ0v) is 22.3. The fourth-order valence-electron chi connectivity index (χ4n) is 5.66. The molecule has 1 unspecified atom stereocenters. The molecule has 11 heteroatoms. The smallest absolute Gasteiger partial charge is 0.276 e. The van der Waals surface area contributed by atoms with E-state index in [4.69, 9.17) is 15.2 Å². The van der Waals surface area contributed by atoms with Crippen molar-refractivity contribution in [3.05, 3.63) is 30.5 Å². The Morgan fingerprint density at radius 3 is 2.59 bits per heavy atom. The SMILES string of the molecule is CC1CCC[C@](C)(N)C[C@H](N(c2ncc(-c3ccc(-c4cc5c(nn4)OCCO5)cc3O)nn2)C2CC2)[C@@H]1F. The molecule has 2 fully saturated rings. The van der Waals surface area contributed by atoms with Gasteiger partial charge in [-0.25, -0.2) is 9.37 Å². The minimum atomic E-state index is -1.03. The minimum Gasteiger partial charge on any atom is -0.507 e. The van der Waals surface area contributed by atoms with Gasteiger partial charge in [-0.2, -0.15) is 0 Å². The van der Waals surface area contributed by atoms with Crippen LogP contribution in [0, 0.1) is 5.92 Å². The fraction of sp³-hybridized carbons (Fsp3) is 0.536. The molecule has 0 radical (unpaired) electrons. The standard InChI is InChI=1S/C28H34FN7O3/c1-16-4-3-9-28(2,30)14-22(25(16)29)36(18-6-7-18)27-31-15-21(33-35-27)19-8-5-17(12-23(19)37)20-13-24-26(34-32-20)39-11-10-38-24/h5,8,12-13,15-16,18,22,25,37H,3-4,6-7,9-11,14,30H2,1-2H3/t16?,22-,25+,28-/m0/s1. The maximum absolute atomic E-state index is 15.8. The number of nitrogens with zero attached hydrogens (tertiary/aromatic N) is 6. The zero-order valence-electron chi connectivity index (χ0n) is 22.3. The van der Waals surface area contributed by atoms with Gasteiger partial charge in [-0.3, -0.25) is 0 Å². The molecule has 0 spiro atoms. The molecule has 10 nitrogen and oxygen atoms in total. The number of phenols is 1. The predicted octanol–water partition coefficient (Wildman–Crippen LogP) is 4.08. The third-order valence-corrected chi connectivity index (χ3v) is 7.95. The van der Waals surface area contributed by atoms with Crippen LogP contribution in [0.3, 0.4) is 0 Å². The molecule has 3 aliphatic rings. The van der Waals surface area contributed by atoms with E-state index in [0.29, 0.717) is 59.7 Å². The van der Waals surface area contributed by atoms with Crippen molar-refractivity contribution in [3.8, 4) is 39.9 Å². The van der Waals surface area contributed by atoms with E-state index in [0.717, 1.165) is 32.1 Å². The van der Waals surface area contributed by atoms with Crippen LogP contribution in [0.2, 0.25) is 0 Å². The Balaban J connectivity index is 1.26. The number of benzene rings is 1. The first-order chi connectivity index (χ1) is 18.8. The van der Waals surface area contributed by atoms with E-state index in [1.807, 2.05) is 24.8 Å². The average Bonchev–Trinajstić information content (AvgIpc) is 3.77. The first-order valence-electron chi connectivity index (χ1n) is 13.7. The summed E-state index contributed by atoms with van der Waals surface area (Å²) in [6.45, 7) is 4.87. The number of ether oxygens (including phenoxy) is 2. The Kier molecular flexibility index (Phi) is 6.70. The first kappa shape index (κ1) is 25.7. The van der Waals surface area contributed by atoms with Crippen molar-refractivity contribution >= 4 is 5.95 Å². The summed E-state index contributed by atoms with van der Waals surface area (Å²) in [4.78, 5) is 6.62. The summed E-state index contributed by atoms with van der Waals surface area (Å²) in [5.41, 5.74) is 8.23. The molecule has 3 aromatic rings. The Labute approximate surface area is 226 Å². The summed E-state index contributed by atoms with van der Waals surface area (Å²) in [6.07, 6.45) is 5.63. The van der Waals surface area contributed by atoms with E-state index < -0.39 is 17.8 Å². The number of hydrogen-bond acceptors (Lipinski definition) is 10. The van der Waals surface area contributed by atoms with E-state index in [1.165, 1.54) is 0 Å². The van der Waals surface area contributed by atoms with Crippen LogP contribution in [-0.4, -0.2) is 67.5 Å². The molecule has 2 saturated carbocycles. The maximum atomic E-state index is 15.8. The van der Waals surface area contributed by atoms with Crippen LogP contribution in [-0.2, 0) is 0 Å². The average molecular weight is 536 g/mol. The molecule has 3 N–H and O–H groups in total. The number of phenolic OH excluding ortho intramolecular Hbond substituents is 1. The molecule has 2 aliphatic carbocycles. The Hall–Kier alpha value is -3.60. The van der Waals surface area contributed by atoms with Crippen molar-refractivity contribution in [2.75, 3.05) is 18.1 Å². The van der Waals surface area contributed by atoms with E-state index in [9.17, 15) is 5.11 Å². The van der Waals surface area contributed by atoms with Crippen LogP contribution < -0.4 is 20.1 Å². The highest BCUT2D eigenvalue weighted by atomic mass is 19.1. The lowest BCUT2D eigenvalue weighted by molar-refractivity contribution is 0.140. The van der Waals surface area contributed by atoms with E-state index >= 15 is 4.39 Å². The summed E-state index contributed by atoms with van der Waals surface area (Å²) in [5, 5.41) is 27.9. The van der Waals surface area contributed by atoms with Gasteiger partial charge in [0, 0.05) is 28.8 Å². The lowest BCUT2D eigenvalue weighted by Gasteiger charge is -2.42. The fourth-order valence-corrected chi connectivity index (χ4v) is 5.66. The van der Waals surface area contributed by atoms with Crippen molar-refractivity contribution in [2.45, 2.75) is 76.2 Å². The lowest BCUT2D eigenvalue weighted by Crippen LogP contribution is -2.54. The molecular formula is C28H34FN7O3. The molecule has 2 aromatic heterocycles. The molecule has 3 heterocycles. The summed E-state index contributed by atoms with van der Waals surface area (Å²) in [6, 6.07) is 6.65. The second-order valence-electron chi connectivity index (χ2n) is 11.3. The highest BCUT2D eigenvalue weighted by Gasteiger charge is 2.44. The second-order valence-corrected chi connectivity index (χ2v) is 11.3. The van der Waals surface area contributed by atoms with Crippen molar-refractivity contribution in [2.24, 2.45) is 11.7 Å². The van der Waals surface area contributed by atoms with Gasteiger partial charge in [0.25, 0.3) is 5.88 Å². The summed E-state index contributed by atoms with van der Waals surface area (Å²) < 4.78 is 26.8. The molecule has 206 valence electrons. The largest absolute Gasteiger partial charge is 0.507 e. The van der Waals surface area contributed by atoms with Gasteiger partial charge in [0.15, 0.2) is 5.75 Å². The molecule has 39 heavy (non-hydrogen) atoms. The highest BCUT2D eigenvalue weighted by molar-refractivity contribution is 5.73. The van der Waals surface area contributed by atoms with Crippen molar-refractivity contribution in [3.63, 3.8) is 0 Å². The van der Waals surface area contributed by atoms with Crippen molar-refractivity contribution < 1.29 is 19.0 Å². The number of anilines is 1.